The Morgan fingerprint density at radius 1 is 0.788 bits per heavy atom. The van der Waals surface area contributed by atoms with Crippen LogP contribution in [0.25, 0.3) is 5.52 Å². The molecule has 0 amide bonds. The predicted molar refractivity (Wildman–Crippen MR) is 131 cm³/mol. The summed E-state index contributed by atoms with van der Waals surface area (Å²) in [4.78, 5) is 13.3. The lowest BCUT2D eigenvalue weighted by atomic mass is 10.0. The zero-order valence-electron chi connectivity index (χ0n) is 20.0. The molecule has 1 aromatic carbocycles. The molecule has 0 atom stereocenters. The van der Waals surface area contributed by atoms with Crippen molar-refractivity contribution >= 4 is 31.0 Å². The van der Waals surface area contributed by atoms with Crippen LogP contribution in [0.15, 0.2) is 40.3 Å². The van der Waals surface area contributed by atoms with Gasteiger partial charge in [0.2, 0.25) is 5.78 Å². The van der Waals surface area contributed by atoms with Crippen molar-refractivity contribution in [1.82, 2.24) is 4.40 Å². The first-order chi connectivity index (χ1) is 15.4. The molecule has 178 valence electrons. The summed E-state index contributed by atoms with van der Waals surface area (Å²) in [5.74, 6) is -0.945. The third-order valence-corrected chi connectivity index (χ3v) is 9.75. The van der Waals surface area contributed by atoms with Crippen LogP contribution in [0.5, 0.6) is 0 Å². The Bertz CT molecular complexity index is 1460. The van der Waals surface area contributed by atoms with Crippen molar-refractivity contribution < 1.29 is 21.6 Å². The van der Waals surface area contributed by atoms with Gasteiger partial charge in [0.15, 0.2) is 19.7 Å². The molecular weight excluding hydrogens is 458 g/mol. The third kappa shape index (κ3) is 4.51. The lowest BCUT2D eigenvalue weighted by Crippen LogP contribution is -2.17. The van der Waals surface area contributed by atoms with E-state index in [1.807, 2.05) is 32.0 Å². The van der Waals surface area contributed by atoms with E-state index >= 15 is 0 Å². The van der Waals surface area contributed by atoms with Crippen molar-refractivity contribution in [3.8, 4) is 0 Å². The number of nitrogens with zero attached hydrogens (tertiary/aromatic N) is 1. The zero-order valence-corrected chi connectivity index (χ0v) is 21.7. The largest absolute Gasteiger partial charge is 0.311 e. The fraction of sp³-hybridized carbons (Fsp3) is 0.400. The van der Waals surface area contributed by atoms with Crippen molar-refractivity contribution in [3.05, 3.63) is 64.0 Å². The predicted octanol–water partition coefficient (Wildman–Crippen LogP) is 4.77. The first-order valence-electron chi connectivity index (χ1n) is 11.1. The van der Waals surface area contributed by atoms with Gasteiger partial charge in [-0.3, -0.25) is 4.79 Å². The lowest BCUT2D eigenvalue weighted by Gasteiger charge is -2.11. The Balaban J connectivity index is 2.62. The number of ketones is 1. The molecule has 0 unspecified atom stereocenters. The number of hydrogen-bond donors (Lipinski definition) is 0. The highest BCUT2D eigenvalue weighted by molar-refractivity contribution is 7.94. The number of benzene rings is 1. The normalized spacial score (nSPS) is 12.4. The lowest BCUT2D eigenvalue weighted by molar-refractivity contribution is 0.102. The number of hydrogen-bond acceptors (Lipinski definition) is 5. The van der Waals surface area contributed by atoms with Crippen LogP contribution >= 0.6 is 0 Å². The van der Waals surface area contributed by atoms with E-state index in [9.17, 15) is 21.6 Å². The number of aryl methyl sites for hydroxylation is 4. The summed E-state index contributed by atoms with van der Waals surface area (Å²) in [6.07, 6.45) is 2.28. The number of aromatic nitrogens is 1. The van der Waals surface area contributed by atoms with Gasteiger partial charge >= 0.3 is 0 Å². The van der Waals surface area contributed by atoms with Crippen molar-refractivity contribution in [2.24, 2.45) is 0 Å². The van der Waals surface area contributed by atoms with Crippen LogP contribution in [0, 0.1) is 27.7 Å². The molecule has 0 spiro atoms. The van der Waals surface area contributed by atoms with Crippen molar-refractivity contribution in [2.45, 2.75) is 64.2 Å². The number of carbonyl (C=O) groups excluding carboxylic acids is 1. The van der Waals surface area contributed by atoms with Gasteiger partial charge < -0.3 is 4.40 Å². The van der Waals surface area contributed by atoms with Gasteiger partial charge in [-0.2, -0.15) is 0 Å². The molecule has 0 N–H and O–H groups in total. The molecule has 0 aliphatic carbocycles. The molecule has 0 fully saturated rings. The molecule has 0 saturated heterocycles. The first-order valence-corrected chi connectivity index (χ1v) is 14.4. The summed E-state index contributed by atoms with van der Waals surface area (Å²) in [6, 6.07) is 7.21. The van der Waals surface area contributed by atoms with E-state index in [1.165, 1.54) is 4.40 Å². The van der Waals surface area contributed by atoms with E-state index in [0.29, 0.717) is 29.5 Å². The average molecular weight is 490 g/mol. The molecule has 33 heavy (non-hydrogen) atoms. The maximum Gasteiger partial charge on any atom is 0.211 e. The smallest absolute Gasteiger partial charge is 0.211 e. The highest BCUT2D eigenvalue weighted by Crippen LogP contribution is 2.37. The molecule has 0 aliphatic rings. The summed E-state index contributed by atoms with van der Waals surface area (Å²) in [5, 5.41) is 0. The van der Waals surface area contributed by atoms with Crippen LogP contribution in [0.3, 0.4) is 0 Å². The molecule has 6 nitrogen and oxygen atoms in total. The Morgan fingerprint density at radius 3 is 1.94 bits per heavy atom. The summed E-state index contributed by atoms with van der Waals surface area (Å²) in [7, 11) is -8.03. The van der Waals surface area contributed by atoms with E-state index in [0.717, 1.165) is 11.1 Å². The summed E-state index contributed by atoms with van der Waals surface area (Å²) >= 11 is 0. The first kappa shape index (κ1) is 25.2. The van der Waals surface area contributed by atoms with Gasteiger partial charge in [0.05, 0.1) is 17.0 Å². The molecule has 0 aliphatic heterocycles. The molecule has 2 aromatic heterocycles. The van der Waals surface area contributed by atoms with Crippen LogP contribution in [-0.4, -0.2) is 38.5 Å². The Labute approximate surface area is 196 Å². The van der Waals surface area contributed by atoms with Gasteiger partial charge in [0.25, 0.3) is 0 Å². The summed E-state index contributed by atoms with van der Waals surface area (Å²) < 4.78 is 55.5. The highest BCUT2D eigenvalue weighted by Gasteiger charge is 2.38. The Morgan fingerprint density at radius 2 is 1.36 bits per heavy atom. The van der Waals surface area contributed by atoms with E-state index in [4.69, 9.17) is 0 Å². The van der Waals surface area contributed by atoms with Crippen LogP contribution < -0.4 is 0 Å². The van der Waals surface area contributed by atoms with Gasteiger partial charge in [-0.1, -0.05) is 37.6 Å². The monoisotopic (exact) mass is 489 g/mol. The quantitative estimate of drug-likeness (QED) is 0.425. The van der Waals surface area contributed by atoms with Crippen molar-refractivity contribution in [2.75, 3.05) is 11.5 Å². The minimum Gasteiger partial charge on any atom is -0.311 e. The molecule has 3 rings (SSSR count). The third-order valence-electron chi connectivity index (χ3n) is 5.69. The van der Waals surface area contributed by atoms with Crippen molar-refractivity contribution in [3.63, 3.8) is 0 Å². The van der Waals surface area contributed by atoms with E-state index in [-0.39, 0.29) is 32.5 Å². The molecule has 0 radical (unpaired) electrons. The number of rotatable bonds is 8. The van der Waals surface area contributed by atoms with Gasteiger partial charge in [-0.15, -0.1) is 0 Å². The SMILES string of the molecule is CCCS(=O)(=O)c1c(S(=O)(=O)CCC)c2c(C)cc(C)cn2c1C(=O)c1cc(C)ccc1C. The second-order valence-corrected chi connectivity index (χ2v) is 12.8. The summed E-state index contributed by atoms with van der Waals surface area (Å²) in [5.41, 5.74) is 3.48. The highest BCUT2D eigenvalue weighted by atomic mass is 32.2. The van der Waals surface area contributed by atoms with Gasteiger partial charge in [0, 0.05) is 11.8 Å². The van der Waals surface area contributed by atoms with Crippen LogP contribution in [0.2, 0.25) is 0 Å². The number of carbonyl (C=O) groups is 1. The Kier molecular flexibility index (Phi) is 6.92. The topological polar surface area (TPSA) is 89.8 Å². The molecule has 3 aromatic rings. The van der Waals surface area contributed by atoms with Crippen LogP contribution in [0.1, 0.15) is 65.0 Å². The maximum atomic E-state index is 13.9. The number of pyridine rings is 1. The maximum absolute atomic E-state index is 13.9. The molecule has 2 heterocycles. The van der Waals surface area contributed by atoms with E-state index in [1.54, 1.807) is 40.0 Å². The number of fused-ring (bicyclic) bond motifs is 1. The number of sulfone groups is 2. The second-order valence-electron chi connectivity index (χ2n) is 8.71. The van der Waals surface area contributed by atoms with Crippen LogP contribution in [-0.2, 0) is 19.7 Å². The second kappa shape index (κ2) is 9.06. The summed E-state index contributed by atoms with van der Waals surface area (Å²) in [6.45, 7) is 10.7. The average Bonchev–Trinajstić information content (AvgIpc) is 3.06. The fourth-order valence-corrected chi connectivity index (χ4v) is 8.38. The zero-order chi connectivity index (χ0) is 24.7. The standard InChI is InChI=1S/C25H31NO5S2/c1-7-11-32(28,29)24-21-19(6)13-17(4)15-26(21)22(25(24)33(30,31)12-8-2)23(27)20-14-16(3)9-10-18(20)5/h9-10,13-15H,7-8,11-12H2,1-6H3. The molecule has 8 heteroatoms. The molecule has 0 bridgehead atoms. The van der Waals surface area contributed by atoms with Gasteiger partial charge in [-0.25, -0.2) is 16.8 Å². The van der Waals surface area contributed by atoms with E-state index < -0.39 is 25.5 Å². The van der Waals surface area contributed by atoms with E-state index in [2.05, 4.69) is 0 Å². The van der Waals surface area contributed by atoms with Gasteiger partial charge in [0.1, 0.15) is 15.5 Å². The van der Waals surface area contributed by atoms with Crippen molar-refractivity contribution in [1.29, 1.82) is 0 Å². The minimum absolute atomic E-state index is 0.103. The fourth-order valence-electron chi connectivity index (χ4n) is 4.33. The molecular formula is C25H31NO5S2. The minimum atomic E-state index is -4.06. The van der Waals surface area contributed by atoms with Crippen LogP contribution in [0.4, 0.5) is 0 Å². The Hall–Kier alpha value is -2.45. The molecule has 0 saturated carbocycles. The van der Waals surface area contributed by atoms with Gasteiger partial charge in [-0.05, 0) is 63.3 Å².